The highest BCUT2D eigenvalue weighted by Gasteiger charge is 2.27. The van der Waals surface area contributed by atoms with Crippen LogP contribution in [-0.2, 0) is 21.4 Å². The zero-order chi connectivity index (χ0) is 23.7. The van der Waals surface area contributed by atoms with Gasteiger partial charge in [-0.05, 0) is 30.6 Å². The van der Waals surface area contributed by atoms with Gasteiger partial charge in [-0.2, -0.15) is 16.5 Å². The molecule has 2 aromatic rings. The molecule has 176 valence electrons. The fourth-order valence-corrected chi connectivity index (χ4v) is 4.72. The minimum absolute atomic E-state index is 0.0202. The first-order valence-electron chi connectivity index (χ1n) is 9.59. The lowest BCUT2D eigenvalue weighted by atomic mass is 10.1. The molecule has 2 N–H and O–H groups in total. The molecule has 0 aliphatic rings. The van der Waals surface area contributed by atoms with E-state index in [9.17, 15) is 17.6 Å². The van der Waals surface area contributed by atoms with E-state index in [1.54, 1.807) is 12.1 Å². The van der Waals surface area contributed by atoms with Gasteiger partial charge in [0.25, 0.3) is 0 Å². The van der Waals surface area contributed by atoms with E-state index >= 15 is 0 Å². The van der Waals surface area contributed by atoms with Gasteiger partial charge in [0.1, 0.15) is 34.0 Å². The van der Waals surface area contributed by atoms with Crippen molar-refractivity contribution in [2.45, 2.75) is 23.9 Å². The van der Waals surface area contributed by atoms with Crippen LogP contribution in [0.3, 0.4) is 0 Å². The Labute approximate surface area is 191 Å². The number of hydrogen-bond acceptors (Lipinski definition) is 7. The van der Waals surface area contributed by atoms with E-state index in [0.29, 0.717) is 28.6 Å². The van der Waals surface area contributed by atoms with Gasteiger partial charge in [-0.25, -0.2) is 12.8 Å². The number of sulfonamides is 1. The Balaban J connectivity index is 2.23. The third-order valence-corrected chi connectivity index (χ3v) is 6.76. The van der Waals surface area contributed by atoms with E-state index in [2.05, 4.69) is 10.0 Å². The van der Waals surface area contributed by atoms with E-state index in [-0.39, 0.29) is 13.0 Å². The van der Waals surface area contributed by atoms with Crippen molar-refractivity contribution >= 4 is 27.7 Å². The summed E-state index contributed by atoms with van der Waals surface area (Å²) in [5.74, 6) is 0.468. The van der Waals surface area contributed by atoms with Crippen molar-refractivity contribution in [3.05, 3.63) is 47.8 Å². The highest BCUT2D eigenvalue weighted by atomic mass is 32.2. The van der Waals surface area contributed by atoms with Gasteiger partial charge in [0.2, 0.25) is 15.9 Å². The van der Waals surface area contributed by atoms with Gasteiger partial charge in [-0.1, -0.05) is 12.1 Å². The van der Waals surface area contributed by atoms with Crippen LogP contribution >= 0.6 is 11.8 Å². The Kier molecular flexibility index (Phi) is 9.60. The second-order valence-corrected chi connectivity index (χ2v) is 9.28. The van der Waals surface area contributed by atoms with Crippen molar-refractivity contribution in [3.8, 4) is 17.2 Å². The Morgan fingerprint density at radius 2 is 1.72 bits per heavy atom. The summed E-state index contributed by atoms with van der Waals surface area (Å²) < 4.78 is 57.7. The Hall–Kier alpha value is -2.50. The number of rotatable bonds is 12. The normalized spacial score (nSPS) is 12.2. The van der Waals surface area contributed by atoms with Gasteiger partial charge in [-0.15, -0.1) is 0 Å². The van der Waals surface area contributed by atoms with Crippen molar-refractivity contribution in [3.63, 3.8) is 0 Å². The zero-order valence-electron chi connectivity index (χ0n) is 18.3. The quantitative estimate of drug-likeness (QED) is 0.475. The predicted octanol–water partition coefficient (Wildman–Crippen LogP) is 2.57. The molecule has 0 aromatic heterocycles. The lowest BCUT2D eigenvalue weighted by Gasteiger charge is -2.20. The molecule has 11 heteroatoms. The number of hydrogen-bond donors (Lipinski definition) is 2. The number of carbonyl (C=O) groups excluding carboxylic acids is 1. The van der Waals surface area contributed by atoms with E-state index in [0.717, 1.165) is 12.1 Å². The first-order chi connectivity index (χ1) is 15.3. The molecule has 32 heavy (non-hydrogen) atoms. The molecule has 0 aliphatic carbocycles. The summed E-state index contributed by atoms with van der Waals surface area (Å²) in [7, 11) is 0.214. The first-order valence-corrected chi connectivity index (χ1v) is 12.5. The van der Waals surface area contributed by atoms with Crippen molar-refractivity contribution in [2.24, 2.45) is 0 Å². The average Bonchev–Trinajstić information content (AvgIpc) is 2.79. The van der Waals surface area contributed by atoms with Crippen LogP contribution in [0.4, 0.5) is 4.39 Å². The SMILES string of the molecule is COc1cc(OC)c(CNC(=O)C(CCSC)NS(=O)(=O)c2ccccc2F)c(OC)c1. The Bertz CT molecular complexity index is 1010. The predicted molar refractivity (Wildman–Crippen MR) is 121 cm³/mol. The minimum atomic E-state index is -4.24. The number of ether oxygens (including phenoxy) is 3. The number of carbonyl (C=O) groups is 1. The van der Waals surface area contributed by atoms with E-state index in [1.807, 2.05) is 6.26 Å². The lowest BCUT2D eigenvalue weighted by Crippen LogP contribution is -2.47. The molecule has 0 saturated carbocycles. The largest absolute Gasteiger partial charge is 0.496 e. The summed E-state index contributed by atoms with van der Waals surface area (Å²) in [6, 6.07) is 7.20. The van der Waals surface area contributed by atoms with Crippen LogP contribution in [0.25, 0.3) is 0 Å². The number of amides is 1. The molecule has 2 rings (SSSR count). The van der Waals surface area contributed by atoms with Crippen molar-refractivity contribution in [1.29, 1.82) is 0 Å². The molecular weight excluding hydrogens is 459 g/mol. The third kappa shape index (κ3) is 6.50. The van der Waals surface area contributed by atoms with E-state index in [1.165, 1.54) is 45.2 Å². The van der Waals surface area contributed by atoms with E-state index in [4.69, 9.17) is 14.2 Å². The summed E-state index contributed by atoms with van der Waals surface area (Å²) >= 11 is 1.46. The maximum atomic E-state index is 14.0. The Morgan fingerprint density at radius 3 is 2.25 bits per heavy atom. The van der Waals surface area contributed by atoms with Crippen LogP contribution in [0.2, 0.25) is 0 Å². The van der Waals surface area contributed by atoms with Gasteiger partial charge in [-0.3, -0.25) is 4.79 Å². The van der Waals surface area contributed by atoms with Gasteiger partial charge in [0, 0.05) is 12.1 Å². The summed E-state index contributed by atoms with van der Waals surface area (Å²) in [4.78, 5) is 12.4. The van der Waals surface area contributed by atoms with Crippen LogP contribution in [0.1, 0.15) is 12.0 Å². The lowest BCUT2D eigenvalue weighted by molar-refractivity contribution is -0.122. The summed E-state index contributed by atoms with van der Waals surface area (Å²) in [6.45, 7) is 0.0202. The highest BCUT2D eigenvalue weighted by Crippen LogP contribution is 2.33. The maximum absolute atomic E-state index is 14.0. The molecule has 0 radical (unpaired) electrons. The van der Waals surface area contributed by atoms with Crippen LogP contribution in [0, 0.1) is 5.82 Å². The van der Waals surface area contributed by atoms with Crippen LogP contribution in [0.15, 0.2) is 41.3 Å². The van der Waals surface area contributed by atoms with E-state index < -0.39 is 32.7 Å². The van der Waals surface area contributed by atoms with Crippen LogP contribution in [0.5, 0.6) is 17.2 Å². The summed E-state index contributed by atoms with van der Waals surface area (Å²) in [5.41, 5.74) is 0.560. The van der Waals surface area contributed by atoms with Crippen molar-refractivity contribution in [1.82, 2.24) is 10.0 Å². The molecular formula is C21H27FN2O6S2. The summed E-state index contributed by atoms with van der Waals surface area (Å²) in [6.07, 6.45) is 2.06. The number of thioether (sulfide) groups is 1. The molecule has 8 nitrogen and oxygen atoms in total. The van der Waals surface area contributed by atoms with Crippen molar-refractivity contribution in [2.75, 3.05) is 33.3 Å². The topological polar surface area (TPSA) is 103 Å². The van der Waals surface area contributed by atoms with Gasteiger partial charge < -0.3 is 19.5 Å². The molecule has 0 bridgehead atoms. The second kappa shape index (κ2) is 11.9. The highest BCUT2D eigenvalue weighted by molar-refractivity contribution is 7.98. The van der Waals surface area contributed by atoms with Crippen LogP contribution < -0.4 is 24.2 Å². The molecule has 1 amide bonds. The van der Waals surface area contributed by atoms with Gasteiger partial charge in [0.05, 0.1) is 33.4 Å². The number of methoxy groups -OCH3 is 3. The molecule has 0 aliphatic heterocycles. The van der Waals surface area contributed by atoms with Crippen molar-refractivity contribution < 1.29 is 31.8 Å². The number of benzene rings is 2. The monoisotopic (exact) mass is 486 g/mol. The molecule has 0 spiro atoms. The fourth-order valence-electron chi connectivity index (χ4n) is 2.94. The van der Waals surface area contributed by atoms with Gasteiger partial charge in [0.15, 0.2) is 0 Å². The molecule has 1 unspecified atom stereocenters. The number of nitrogens with one attached hydrogen (secondary N) is 2. The smallest absolute Gasteiger partial charge is 0.244 e. The zero-order valence-corrected chi connectivity index (χ0v) is 19.9. The van der Waals surface area contributed by atoms with Crippen LogP contribution in [-0.4, -0.2) is 53.7 Å². The molecule has 1 atom stereocenters. The molecule has 0 saturated heterocycles. The van der Waals surface area contributed by atoms with Gasteiger partial charge >= 0.3 is 0 Å². The molecule has 0 fully saturated rings. The third-order valence-electron chi connectivity index (χ3n) is 4.61. The average molecular weight is 487 g/mol. The fraction of sp³-hybridized carbons (Fsp3) is 0.381. The molecule has 0 heterocycles. The first kappa shape index (κ1) is 25.8. The number of halogens is 1. The maximum Gasteiger partial charge on any atom is 0.244 e. The molecule has 2 aromatic carbocycles. The standard InChI is InChI=1S/C21H27FN2O6S2/c1-28-14-11-18(29-2)15(19(12-14)30-3)13-23-21(25)17(9-10-31-4)24-32(26,27)20-8-6-5-7-16(20)22/h5-8,11-12,17,24H,9-10,13H2,1-4H3,(H,23,25). The Morgan fingerprint density at radius 1 is 1.09 bits per heavy atom. The minimum Gasteiger partial charge on any atom is -0.496 e. The second-order valence-electron chi connectivity index (χ2n) is 6.61. The summed E-state index contributed by atoms with van der Waals surface area (Å²) in [5, 5.41) is 2.71.